The van der Waals surface area contributed by atoms with E-state index in [4.69, 9.17) is 4.74 Å². The van der Waals surface area contributed by atoms with E-state index in [0.29, 0.717) is 29.3 Å². The molecule has 1 atom stereocenters. The highest BCUT2D eigenvalue weighted by Crippen LogP contribution is 2.27. The van der Waals surface area contributed by atoms with E-state index in [0.717, 1.165) is 24.8 Å². The predicted octanol–water partition coefficient (Wildman–Crippen LogP) is 2.68. The van der Waals surface area contributed by atoms with Crippen molar-refractivity contribution in [3.63, 3.8) is 0 Å². The normalized spacial score (nSPS) is 17.6. The van der Waals surface area contributed by atoms with Crippen LogP contribution < -0.4 is 4.74 Å². The van der Waals surface area contributed by atoms with Crippen molar-refractivity contribution >= 4 is 21.7 Å². The summed E-state index contributed by atoms with van der Waals surface area (Å²) >= 11 is 0. The van der Waals surface area contributed by atoms with Gasteiger partial charge in [0.15, 0.2) is 11.9 Å². The molecule has 2 aliphatic rings. The van der Waals surface area contributed by atoms with Crippen molar-refractivity contribution in [1.29, 1.82) is 0 Å². The van der Waals surface area contributed by atoms with Crippen LogP contribution in [-0.2, 0) is 27.7 Å². The standard InChI is InChI=1S/C24H28N2O5S/c1-17(27)20-6-4-8-22(15-20)31-18(2)24(28)25-11-13-26(14-12-25)32(29,30)23-10-9-19-5-3-7-21(19)16-23/h4,6,8-10,15-16,18H,3,5,7,11-14H2,1-2H3. The zero-order valence-corrected chi connectivity index (χ0v) is 19.2. The van der Waals surface area contributed by atoms with E-state index in [-0.39, 0.29) is 24.8 Å². The first-order valence-corrected chi connectivity index (χ1v) is 12.4. The van der Waals surface area contributed by atoms with Crippen molar-refractivity contribution < 1.29 is 22.7 Å². The third kappa shape index (κ3) is 4.56. The Hall–Kier alpha value is -2.71. The van der Waals surface area contributed by atoms with Gasteiger partial charge in [-0.2, -0.15) is 4.31 Å². The molecule has 7 nitrogen and oxygen atoms in total. The second-order valence-corrected chi connectivity index (χ2v) is 10.3. The van der Waals surface area contributed by atoms with Crippen molar-refractivity contribution in [1.82, 2.24) is 9.21 Å². The maximum absolute atomic E-state index is 13.1. The van der Waals surface area contributed by atoms with Crippen LogP contribution in [0.1, 0.15) is 41.8 Å². The van der Waals surface area contributed by atoms with Gasteiger partial charge in [0, 0.05) is 31.7 Å². The molecule has 1 aliphatic carbocycles. The third-order valence-corrected chi connectivity index (χ3v) is 8.05. The van der Waals surface area contributed by atoms with Gasteiger partial charge in [0.2, 0.25) is 10.0 Å². The van der Waals surface area contributed by atoms with Gasteiger partial charge in [0.25, 0.3) is 5.91 Å². The molecule has 4 rings (SSSR count). The Morgan fingerprint density at radius 1 is 0.969 bits per heavy atom. The molecular weight excluding hydrogens is 428 g/mol. The molecule has 8 heteroatoms. The average Bonchev–Trinajstić information content (AvgIpc) is 3.27. The number of ether oxygens (including phenoxy) is 1. The van der Waals surface area contributed by atoms with Crippen molar-refractivity contribution in [3.05, 3.63) is 59.2 Å². The average molecular weight is 457 g/mol. The Kier molecular flexibility index (Phi) is 6.35. The number of piperazine rings is 1. The maximum atomic E-state index is 13.1. The zero-order chi connectivity index (χ0) is 22.9. The highest BCUT2D eigenvalue weighted by Gasteiger charge is 2.32. The smallest absolute Gasteiger partial charge is 0.263 e. The lowest BCUT2D eigenvalue weighted by Gasteiger charge is -2.35. The Bertz CT molecular complexity index is 1140. The number of hydrogen-bond acceptors (Lipinski definition) is 5. The summed E-state index contributed by atoms with van der Waals surface area (Å²) in [5.74, 6) is 0.180. The Balaban J connectivity index is 1.37. The van der Waals surface area contributed by atoms with E-state index in [2.05, 4.69) is 0 Å². The Labute approximate surface area is 189 Å². The summed E-state index contributed by atoms with van der Waals surface area (Å²) in [4.78, 5) is 26.4. The van der Waals surface area contributed by atoms with Crippen molar-refractivity contribution in [2.24, 2.45) is 0 Å². The largest absolute Gasteiger partial charge is 0.481 e. The van der Waals surface area contributed by atoms with Gasteiger partial charge < -0.3 is 9.64 Å². The molecule has 0 aromatic heterocycles. The minimum atomic E-state index is -3.58. The molecule has 0 radical (unpaired) electrons. The first kappa shape index (κ1) is 22.5. The van der Waals surface area contributed by atoms with Gasteiger partial charge in [-0.3, -0.25) is 9.59 Å². The summed E-state index contributed by atoms with van der Waals surface area (Å²) in [6, 6.07) is 12.2. The van der Waals surface area contributed by atoms with Crippen LogP contribution in [-0.4, -0.2) is 61.6 Å². The third-order valence-electron chi connectivity index (χ3n) is 6.16. The SMILES string of the molecule is CC(=O)c1cccc(OC(C)C(=O)N2CCN(S(=O)(=O)c3ccc4c(c3)CCC4)CC2)c1. The van der Waals surface area contributed by atoms with Gasteiger partial charge in [-0.25, -0.2) is 8.42 Å². The van der Waals surface area contributed by atoms with Gasteiger partial charge in [0.1, 0.15) is 5.75 Å². The number of nitrogens with zero attached hydrogens (tertiary/aromatic N) is 2. The summed E-state index contributed by atoms with van der Waals surface area (Å²) in [5, 5.41) is 0. The molecule has 1 amide bonds. The van der Waals surface area contributed by atoms with Gasteiger partial charge in [-0.15, -0.1) is 0 Å². The molecule has 2 aromatic rings. The highest BCUT2D eigenvalue weighted by atomic mass is 32.2. The number of amides is 1. The molecule has 0 N–H and O–H groups in total. The molecule has 0 saturated carbocycles. The molecule has 0 bridgehead atoms. The fraction of sp³-hybridized carbons (Fsp3) is 0.417. The van der Waals surface area contributed by atoms with Gasteiger partial charge >= 0.3 is 0 Å². The first-order valence-electron chi connectivity index (χ1n) is 10.9. The van der Waals surface area contributed by atoms with E-state index in [1.165, 1.54) is 16.8 Å². The molecule has 170 valence electrons. The van der Waals surface area contributed by atoms with E-state index in [9.17, 15) is 18.0 Å². The second-order valence-electron chi connectivity index (χ2n) is 8.36. The number of Topliss-reactive ketones (excluding diaryl/α,β-unsaturated/α-hetero) is 1. The number of carbonyl (C=O) groups is 2. The van der Waals surface area contributed by atoms with Gasteiger partial charge in [0.05, 0.1) is 4.90 Å². The quantitative estimate of drug-likeness (QED) is 0.624. The highest BCUT2D eigenvalue weighted by molar-refractivity contribution is 7.89. The minimum absolute atomic E-state index is 0.0740. The van der Waals surface area contributed by atoms with Crippen LogP contribution >= 0.6 is 0 Å². The minimum Gasteiger partial charge on any atom is -0.481 e. The van der Waals surface area contributed by atoms with Crippen LogP contribution in [0.5, 0.6) is 5.75 Å². The van der Waals surface area contributed by atoms with Gasteiger partial charge in [-0.05, 0) is 68.5 Å². The number of fused-ring (bicyclic) bond motifs is 1. The molecule has 1 heterocycles. The van der Waals surface area contributed by atoms with Crippen molar-refractivity contribution in [2.75, 3.05) is 26.2 Å². The summed E-state index contributed by atoms with van der Waals surface area (Å²) < 4.78 is 33.4. The molecule has 0 spiro atoms. The van der Waals surface area contributed by atoms with E-state index in [1.807, 2.05) is 6.07 Å². The van der Waals surface area contributed by atoms with Crippen LogP contribution in [0.4, 0.5) is 0 Å². The first-order chi connectivity index (χ1) is 15.3. The van der Waals surface area contributed by atoms with Crippen LogP contribution in [0.2, 0.25) is 0 Å². The number of ketones is 1. The van der Waals surface area contributed by atoms with E-state index < -0.39 is 16.1 Å². The Morgan fingerprint density at radius 3 is 2.41 bits per heavy atom. The molecule has 2 aromatic carbocycles. The molecular formula is C24H28N2O5S. The second kappa shape index (κ2) is 9.03. The van der Waals surface area contributed by atoms with E-state index >= 15 is 0 Å². The number of carbonyl (C=O) groups excluding carboxylic acids is 2. The monoisotopic (exact) mass is 456 g/mol. The topological polar surface area (TPSA) is 84.0 Å². The number of sulfonamides is 1. The fourth-order valence-electron chi connectivity index (χ4n) is 4.31. The summed E-state index contributed by atoms with van der Waals surface area (Å²) in [5.41, 5.74) is 2.88. The number of hydrogen-bond donors (Lipinski definition) is 0. The molecule has 1 saturated heterocycles. The van der Waals surface area contributed by atoms with Crippen LogP contribution in [0.25, 0.3) is 0 Å². The predicted molar refractivity (Wildman–Crippen MR) is 120 cm³/mol. The molecule has 1 fully saturated rings. The molecule has 1 aliphatic heterocycles. The van der Waals surface area contributed by atoms with Crippen LogP contribution in [0, 0.1) is 0 Å². The number of rotatable bonds is 6. The van der Waals surface area contributed by atoms with E-state index in [1.54, 1.807) is 48.2 Å². The lowest BCUT2D eigenvalue weighted by atomic mass is 10.1. The molecule has 1 unspecified atom stereocenters. The summed E-state index contributed by atoms with van der Waals surface area (Å²) in [6.45, 7) is 4.25. The van der Waals surface area contributed by atoms with Crippen LogP contribution in [0.15, 0.2) is 47.4 Å². The summed E-state index contributed by atoms with van der Waals surface area (Å²) in [6.07, 6.45) is 2.26. The zero-order valence-electron chi connectivity index (χ0n) is 18.4. The fourth-order valence-corrected chi connectivity index (χ4v) is 5.78. The maximum Gasteiger partial charge on any atom is 0.263 e. The molecule has 32 heavy (non-hydrogen) atoms. The van der Waals surface area contributed by atoms with Gasteiger partial charge in [-0.1, -0.05) is 18.2 Å². The lowest BCUT2D eigenvalue weighted by Crippen LogP contribution is -2.53. The number of benzene rings is 2. The van der Waals surface area contributed by atoms with Crippen molar-refractivity contribution in [3.8, 4) is 5.75 Å². The number of aryl methyl sites for hydroxylation is 2. The summed E-state index contributed by atoms with van der Waals surface area (Å²) in [7, 11) is -3.58. The van der Waals surface area contributed by atoms with Crippen LogP contribution in [0.3, 0.4) is 0 Å². The lowest BCUT2D eigenvalue weighted by molar-refractivity contribution is -0.139. The van der Waals surface area contributed by atoms with Crippen molar-refractivity contribution in [2.45, 2.75) is 44.1 Å². The Morgan fingerprint density at radius 2 is 1.69 bits per heavy atom.